The molecule has 1 saturated heterocycles. The molecular weight excluding hydrogens is 215 g/mol. The number of anilines is 1. The third-order valence-electron chi connectivity index (χ3n) is 2.29. The molecular formula is C9H13FN4S. The Morgan fingerprint density at radius 3 is 2.87 bits per heavy atom. The highest BCUT2D eigenvalue weighted by Crippen LogP contribution is 2.18. The van der Waals surface area contributed by atoms with Crippen molar-refractivity contribution in [3.63, 3.8) is 0 Å². The molecule has 82 valence electrons. The summed E-state index contributed by atoms with van der Waals surface area (Å²) in [5.41, 5.74) is 0. The van der Waals surface area contributed by atoms with Crippen molar-refractivity contribution in [1.82, 2.24) is 15.3 Å². The van der Waals surface area contributed by atoms with Crippen LogP contribution in [0.25, 0.3) is 0 Å². The van der Waals surface area contributed by atoms with Gasteiger partial charge >= 0.3 is 0 Å². The van der Waals surface area contributed by atoms with Crippen LogP contribution < -0.4 is 10.2 Å². The third-order valence-corrected chi connectivity index (χ3v) is 2.97. The number of piperazine rings is 1. The lowest BCUT2D eigenvalue weighted by molar-refractivity contribution is 0.556. The lowest BCUT2D eigenvalue weighted by atomic mass is 10.4. The summed E-state index contributed by atoms with van der Waals surface area (Å²) in [4.78, 5) is 10.3. The van der Waals surface area contributed by atoms with Crippen molar-refractivity contribution in [1.29, 1.82) is 0 Å². The lowest BCUT2D eigenvalue weighted by Crippen LogP contribution is -2.44. The van der Waals surface area contributed by atoms with Gasteiger partial charge in [-0.2, -0.15) is 0 Å². The number of nitrogens with zero attached hydrogens (tertiary/aromatic N) is 3. The summed E-state index contributed by atoms with van der Waals surface area (Å²) in [6.45, 7) is 3.60. The Labute approximate surface area is 92.3 Å². The molecule has 1 aromatic rings. The largest absolute Gasteiger partial charge is 0.338 e. The summed E-state index contributed by atoms with van der Waals surface area (Å²) < 4.78 is 13.2. The zero-order chi connectivity index (χ0) is 10.7. The van der Waals surface area contributed by atoms with Gasteiger partial charge in [0.05, 0.1) is 6.20 Å². The Bertz CT molecular complexity index is 341. The quantitative estimate of drug-likeness (QED) is 0.597. The molecule has 0 aliphatic carbocycles. The second-order valence-corrected chi connectivity index (χ2v) is 4.06. The maximum absolute atomic E-state index is 13.2. The number of hydrogen-bond acceptors (Lipinski definition) is 5. The van der Waals surface area contributed by atoms with Gasteiger partial charge in [0, 0.05) is 26.2 Å². The van der Waals surface area contributed by atoms with E-state index in [2.05, 4.69) is 20.2 Å². The number of aromatic nitrogens is 2. The lowest BCUT2D eigenvalue weighted by Gasteiger charge is -2.27. The summed E-state index contributed by atoms with van der Waals surface area (Å²) >= 11 is 1.31. The minimum absolute atomic E-state index is 0.346. The monoisotopic (exact) mass is 228 g/mol. The highest BCUT2D eigenvalue weighted by Gasteiger charge is 2.14. The highest BCUT2D eigenvalue weighted by atomic mass is 32.2. The molecule has 1 aliphatic rings. The van der Waals surface area contributed by atoms with E-state index in [9.17, 15) is 4.39 Å². The van der Waals surface area contributed by atoms with E-state index in [0.29, 0.717) is 11.0 Å². The van der Waals surface area contributed by atoms with Crippen LogP contribution in [0.3, 0.4) is 0 Å². The summed E-state index contributed by atoms with van der Waals surface area (Å²) in [7, 11) is 0. The summed E-state index contributed by atoms with van der Waals surface area (Å²) in [5, 5.41) is 3.66. The topological polar surface area (TPSA) is 41.1 Å². The number of thioether (sulfide) groups is 1. The molecule has 0 atom stereocenters. The van der Waals surface area contributed by atoms with Crippen molar-refractivity contribution in [3.05, 3.63) is 12.0 Å². The van der Waals surface area contributed by atoms with Crippen LogP contribution in [-0.2, 0) is 0 Å². The molecule has 0 spiro atoms. The number of nitrogens with one attached hydrogen (secondary N) is 1. The average Bonchev–Trinajstić information content (AvgIpc) is 2.31. The predicted molar refractivity (Wildman–Crippen MR) is 58.9 cm³/mol. The average molecular weight is 228 g/mol. The first-order valence-corrected chi connectivity index (χ1v) is 6.06. The molecule has 2 rings (SSSR count). The molecule has 0 unspecified atom stereocenters. The molecule has 0 aromatic carbocycles. The van der Waals surface area contributed by atoms with Gasteiger partial charge in [0.2, 0.25) is 5.95 Å². The fourth-order valence-electron chi connectivity index (χ4n) is 1.50. The molecule has 0 radical (unpaired) electrons. The smallest absolute Gasteiger partial charge is 0.226 e. The van der Waals surface area contributed by atoms with Gasteiger partial charge in [-0.1, -0.05) is 0 Å². The van der Waals surface area contributed by atoms with Gasteiger partial charge in [0.1, 0.15) is 5.03 Å². The van der Waals surface area contributed by atoms with Gasteiger partial charge in [-0.3, -0.25) is 0 Å². The van der Waals surface area contributed by atoms with Crippen LogP contribution in [0.4, 0.5) is 10.3 Å². The van der Waals surface area contributed by atoms with E-state index in [0.717, 1.165) is 26.2 Å². The Kier molecular flexibility index (Phi) is 3.37. The first-order chi connectivity index (χ1) is 7.31. The minimum atomic E-state index is -0.346. The van der Waals surface area contributed by atoms with Gasteiger partial charge in [-0.05, 0) is 6.26 Å². The normalized spacial score (nSPS) is 16.8. The van der Waals surface area contributed by atoms with Crippen molar-refractivity contribution < 1.29 is 4.39 Å². The number of hydrogen-bond donors (Lipinski definition) is 1. The molecule has 0 amide bonds. The Hall–Kier alpha value is -0.880. The maximum Gasteiger partial charge on any atom is 0.226 e. The molecule has 1 fully saturated rings. The third kappa shape index (κ3) is 2.38. The van der Waals surface area contributed by atoms with Crippen molar-refractivity contribution in [2.24, 2.45) is 0 Å². The van der Waals surface area contributed by atoms with Gasteiger partial charge < -0.3 is 10.2 Å². The SMILES string of the molecule is CSc1nc(N2CCNCC2)ncc1F. The Morgan fingerprint density at radius 2 is 2.20 bits per heavy atom. The Morgan fingerprint density at radius 1 is 1.47 bits per heavy atom. The molecule has 15 heavy (non-hydrogen) atoms. The summed E-state index contributed by atoms with van der Waals surface area (Å²) in [6, 6.07) is 0. The van der Waals surface area contributed by atoms with Crippen molar-refractivity contribution in [2.75, 3.05) is 37.3 Å². The van der Waals surface area contributed by atoms with E-state index >= 15 is 0 Å². The van der Waals surface area contributed by atoms with Crippen LogP contribution in [0.5, 0.6) is 0 Å². The van der Waals surface area contributed by atoms with Crippen LogP contribution in [0, 0.1) is 5.82 Å². The van der Waals surface area contributed by atoms with Crippen LogP contribution in [0.2, 0.25) is 0 Å². The molecule has 0 saturated carbocycles. The first-order valence-electron chi connectivity index (χ1n) is 4.83. The van der Waals surface area contributed by atoms with E-state index < -0.39 is 0 Å². The van der Waals surface area contributed by atoms with Gasteiger partial charge in [0.25, 0.3) is 0 Å². The number of rotatable bonds is 2. The molecule has 1 N–H and O–H groups in total. The molecule has 4 nitrogen and oxygen atoms in total. The van der Waals surface area contributed by atoms with Crippen molar-refractivity contribution in [3.8, 4) is 0 Å². The van der Waals surface area contributed by atoms with Crippen LogP contribution in [-0.4, -0.2) is 42.4 Å². The first kappa shape index (κ1) is 10.6. The van der Waals surface area contributed by atoms with Gasteiger partial charge in [-0.25, -0.2) is 14.4 Å². The number of halogens is 1. The van der Waals surface area contributed by atoms with Gasteiger partial charge in [-0.15, -0.1) is 11.8 Å². The summed E-state index contributed by atoms with van der Waals surface area (Å²) in [5.74, 6) is 0.281. The van der Waals surface area contributed by atoms with Crippen molar-refractivity contribution >= 4 is 17.7 Å². The van der Waals surface area contributed by atoms with E-state index in [1.807, 2.05) is 6.26 Å². The minimum Gasteiger partial charge on any atom is -0.338 e. The summed E-state index contributed by atoms with van der Waals surface area (Å²) in [6.07, 6.45) is 3.06. The van der Waals surface area contributed by atoms with Crippen LogP contribution in [0.15, 0.2) is 11.2 Å². The fraction of sp³-hybridized carbons (Fsp3) is 0.556. The molecule has 0 bridgehead atoms. The zero-order valence-electron chi connectivity index (χ0n) is 8.53. The Balaban J connectivity index is 2.20. The second-order valence-electron chi connectivity index (χ2n) is 3.26. The van der Waals surface area contributed by atoms with E-state index in [-0.39, 0.29) is 5.82 Å². The zero-order valence-corrected chi connectivity index (χ0v) is 9.35. The van der Waals surface area contributed by atoms with E-state index in [1.54, 1.807) is 0 Å². The van der Waals surface area contributed by atoms with E-state index in [4.69, 9.17) is 0 Å². The van der Waals surface area contributed by atoms with Crippen LogP contribution >= 0.6 is 11.8 Å². The van der Waals surface area contributed by atoms with E-state index in [1.165, 1.54) is 18.0 Å². The fourth-order valence-corrected chi connectivity index (χ4v) is 1.92. The molecule has 1 aromatic heterocycles. The molecule has 2 heterocycles. The maximum atomic E-state index is 13.2. The molecule has 1 aliphatic heterocycles. The standard InChI is InChI=1S/C9H13FN4S/c1-15-8-7(10)6-12-9(13-8)14-4-2-11-3-5-14/h6,11H,2-5H2,1H3. The predicted octanol–water partition coefficient (Wildman–Crippen LogP) is 0.747. The van der Waals surface area contributed by atoms with Gasteiger partial charge in [0.15, 0.2) is 5.82 Å². The second kappa shape index (κ2) is 4.76. The van der Waals surface area contributed by atoms with Crippen LogP contribution in [0.1, 0.15) is 0 Å². The molecule has 6 heteroatoms. The van der Waals surface area contributed by atoms with Crippen molar-refractivity contribution in [2.45, 2.75) is 5.03 Å². The highest BCUT2D eigenvalue weighted by molar-refractivity contribution is 7.98.